The zero-order valence-corrected chi connectivity index (χ0v) is 16.1. The molecule has 4 rings (SSSR count). The van der Waals surface area contributed by atoms with Gasteiger partial charge in [0.05, 0.1) is 31.6 Å². The molecule has 2 aromatic carbocycles. The van der Waals surface area contributed by atoms with E-state index < -0.39 is 11.7 Å². The number of hydrogen-bond donors (Lipinski definition) is 0. The lowest BCUT2D eigenvalue weighted by Crippen LogP contribution is -2.22. The average molecular weight is 380 g/mol. The summed E-state index contributed by atoms with van der Waals surface area (Å²) in [6.45, 7) is 3.63. The quantitative estimate of drug-likeness (QED) is 0.636. The first-order valence-electron chi connectivity index (χ1n) is 8.92. The molecule has 0 amide bonds. The van der Waals surface area contributed by atoms with Crippen LogP contribution in [0.3, 0.4) is 0 Å². The molecule has 0 saturated heterocycles. The fraction of sp³-hybridized carbons (Fsp3) is 0.273. The zero-order valence-electron chi connectivity index (χ0n) is 16.1. The summed E-state index contributed by atoms with van der Waals surface area (Å²) >= 11 is 0. The second kappa shape index (κ2) is 6.71. The van der Waals surface area contributed by atoms with E-state index in [1.54, 1.807) is 26.4 Å². The summed E-state index contributed by atoms with van der Waals surface area (Å²) in [5.41, 5.74) is 2.78. The van der Waals surface area contributed by atoms with E-state index >= 15 is 0 Å². The monoisotopic (exact) mass is 380 g/mol. The number of fused-ring (bicyclic) bond motifs is 3. The molecular formula is C22H20O6. The second-order valence-corrected chi connectivity index (χ2v) is 6.87. The summed E-state index contributed by atoms with van der Waals surface area (Å²) in [6.07, 6.45) is -0.263. The highest BCUT2D eigenvalue weighted by atomic mass is 16.5. The summed E-state index contributed by atoms with van der Waals surface area (Å²) in [5.74, 6) is 1.63. The standard InChI is InChI=1S/C22H20O6/c1-11-7-18-21(12(2)8-19(24)27-18)22-20(11)14(23)10-16(28-22)13-5-6-15(25-3)17(9-13)26-4/h5-9,16H,10H2,1-4H3/t16-/m0/s1. The maximum Gasteiger partial charge on any atom is 0.336 e. The summed E-state index contributed by atoms with van der Waals surface area (Å²) < 4.78 is 22.3. The molecule has 0 spiro atoms. The van der Waals surface area contributed by atoms with Crippen molar-refractivity contribution in [2.45, 2.75) is 26.4 Å². The van der Waals surface area contributed by atoms with E-state index in [1.807, 2.05) is 26.0 Å². The molecule has 2 heterocycles. The van der Waals surface area contributed by atoms with E-state index in [4.69, 9.17) is 18.6 Å². The SMILES string of the molecule is COc1ccc([C@@H]2CC(=O)c3c(C)cc4oc(=O)cc(C)c4c3O2)cc1OC. The Morgan fingerprint density at radius 3 is 2.43 bits per heavy atom. The van der Waals surface area contributed by atoms with Crippen molar-refractivity contribution in [2.24, 2.45) is 0 Å². The third-order valence-corrected chi connectivity index (χ3v) is 5.07. The van der Waals surface area contributed by atoms with Crippen LogP contribution in [0.5, 0.6) is 17.2 Å². The van der Waals surface area contributed by atoms with Crippen LogP contribution in [0.4, 0.5) is 0 Å². The van der Waals surface area contributed by atoms with Gasteiger partial charge >= 0.3 is 5.63 Å². The summed E-state index contributed by atoms with van der Waals surface area (Å²) in [6, 6.07) is 8.59. The number of rotatable bonds is 3. The van der Waals surface area contributed by atoms with Gasteiger partial charge in [0.2, 0.25) is 0 Å². The number of methoxy groups -OCH3 is 2. The molecule has 0 N–H and O–H groups in total. The summed E-state index contributed by atoms with van der Waals surface area (Å²) in [7, 11) is 3.13. The van der Waals surface area contributed by atoms with Gasteiger partial charge in [-0.2, -0.15) is 0 Å². The minimum atomic E-state index is -0.476. The molecule has 0 fully saturated rings. The summed E-state index contributed by atoms with van der Waals surface area (Å²) in [5, 5.41) is 0.652. The number of aryl methyl sites for hydroxylation is 2. The molecule has 144 valence electrons. The van der Waals surface area contributed by atoms with Crippen molar-refractivity contribution in [2.75, 3.05) is 14.2 Å². The van der Waals surface area contributed by atoms with E-state index in [9.17, 15) is 9.59 Å². The van der Waals surface area contributed by atoms with Gasteiger partial charge in [-0.1, -0.05) is 6.07 Å². The van der Waals surface area contributed by atoms with Crippen molar-refractivity contribution < 1.29 is 23.4 Å². The molecule has 6 heteroatoms. The fourth-order valence-corrected chi connectivity index (χ4v) is 3.76. The topological polar surface area (TPSA) is 75.0 Å². The molecule has 28 heavy (non-hydrogen) atoms. The van der Waals surface area contributed by atoms with Crippen LogP contribution in [0, 0.1) is 13.8 Å². The van der Waals surface area contributed by atoms with Crippen molar-refractivity contribution >= 4 is 16.8 Å². The number of carbonyl (C=O) groups is 1. The van der Waals surface area contributed by atoms with E-state index in [-0.39, 0.29) is 12.2 Å². The number of hydrogen-bond acceptors (Lipinski definition) is 6. The molecule has 0 radical (unpaired) electrons. The van der Waals surface area contributed by atoms with Gasteiger partial charge < -0.3 is 18.6 Å². The third-order valence-electron chi connectivity index (χ3n) is 5.07. The minimum Gasteiger partial charge on any atom is -0.493 e. The maximum absolute atomic E-state index is 13.0. The first-order chi connectivity index (χ1) is 13.4. The van der Waals surface area contributed by atoms with E-state index in [0.717, 1.165) is 11.1 Å². The smallest absolute Gasteiger partial charge is 0.336 e. The van der Waals surface area contributed by atoms with Crippen molar-refractivity contribution in [3.8, 4) is 17.2 Å². The van der Waals surface area contributed by atoms with Gasteiger partial charge in [-0.3, -0.25) is 4.79 Å². The molecule has 1 aromatic heterocycles. The Balaban J connectivity index is 1.88. The zero-order chi connectivity index (χ0) is 20.0. The highest BCUT2D eigenvalue weighted by molar-refractivity contribution is 6.07. The Morgan fingerprint density at radius 2 is 1.71 bits per heavy atom. The molecular weight excluding hydrogens is 360 g/mol. The Kier molecular flexibility index (Phi) is 4.34. The van der Waals surface area contributed by atoms with Gasteiger partial charge in [0.25, 0.3) is 0 Å². The van der Waals surface area contributed by atoms with Crippen molar-refractivity contribution in [1.29, 1.82) is 0 Å². The van der Waals surface area contributed by atoms with E-state index in [0.29, 0.717) is 39.3 Å². The van der Waals surface area contributed by atoms with Crippen LogP contribution in [0.1, 0.15) is 39.6 Å². The van der Waals surface area contributed by atoms with Gasteiger partial charge in [-0.05, 0) is 48.7 Å². The lowest BCUT2D eigenvalue weighted by atomic mass is 9.91. The van der Waals surface area contributed by atoms with Crippen LogP contribution in [0.25, 0.3) is 11.0 Å². The molecule has 1 aliphatic rings. The lowest BCUT2D eigenvalue weighted by Gasteiger charge is -2.28. The Hall–Kier alpha value is -3.28. The van der Waals surface area contributed by atoms with Crippen LogP contribution < -0.4 is 19.8 Å². The van der Waals surface area contributed by atoms with Gasteiger partial charge in [0, 0.05) is 6.07 Å². The fourth-order valence-electron chi connectivity index (χ4n) is 3.76. The molecule has 1 atom stereocenters. The van der Waals surface area contributed by atoms with Crippen LogP contribution in [0.2, 0.25) is 0 Å². The number of benzene rings is 2. The van der Waals surface area contributed by atoms with Crippen molar-refractivity contribution in [3.63, 3.8) is 0 Å². The number of carbonyl (C=O) groups excluding carboxylic acids is 1. The maximum atomic E-state index is 13.0. The van der Waals surface area contributed by atoms with Crippen LogP contribution in [0.15, 0.2) is 39.5 Å². The Bertz CT molecular complexity index is 1160. The molecule has 0 aliphatic carbocycles. The number of ketones is 1. The highest BCUT2D eigenvalue weighted by Gasteiger charge is 2.32. The number of ether oxygens (including phenoxy) is 3. The average Bonchev–Trinajstić information content (AvgIpc) is 2.66. The molecule has 3 aromatic rings. The predicted octanol–water partition coefficient (Wildman–Crippen LogP) is 4.13. The minimum absolute atomic E-state index is 0.00830. The van der Waals surface area contributed by atoms with Crippen molar-refractivity contribution in [3.05, 3.63) is 63.0 Å². The van der Waals surface area contributed by atoms with E-state index in [2.05, 4.69) is 0 Å². The second-order valence-electron chi connectivity index (χ2n) is 6.87. The first kappa shape index (κ1) is 18.1. The van der Waals surface area contributed by atoms with Gasteiger partial charge in [0.15, 0.2) is 17.3 Å². The predicted molar refractivity (Wildman–Crippen MR) is 104 cm³/mol. The number of Topliss-reactive ketones (excluding diaryl/α,β-unsaturated/α-hetero) is 1. The molecule has 0 bridgehead atoms. The molecule has 0 saturated carbocycles. The van der Waals surface area contributed by atoms with Gasteiger partial charge in [-0.25, -0.2) is 4.79 Å². The Labute approximate surface area is 161 Å². The lowest BCUT2D eigenvalue weighted by molar-refractivity contribution is 0.0852. The van der Waals surface area contributed by atoms with Crippen LogP contribution >= 0.6 is 0 Å². The van der Waals surface area contributed by atoms with Gasteiger partial charge in [-0.15, -0.1) is 0 Å². The third kappa shape index (κ3) is 2.81. The largest absolute Gasteiger partial charge is 0.493 e. The first-order valence-corrected chi connectivity index (χ1v) is 8.92. The van der Waals surface area contributed by atoms with Crippen molar-refractivity contribution in [1.82, 2.24) is 0 Å². The molecule has 6 nitrogen and oxygen atoms in total. The van der Waals surface area contributed by atoms with Crippen LogP contribution in [-0.2, 0) is 0 Å². The van der Waals surface area contributed by atoms with E-state index in [1.165, 1.54) is 6.07 Å². The Morgan fingerprint density at radius 1 is 0.964 bits per heavy atom. The van der Waals surface area contributed by atoms with Crippen LogP contribution in [-0.4, -0.2) is 20.0 Å². The van der Waals surface area contributed by atoms with Gasteiger partial charge in [0.1, 0.15) is 17.4 Å². The summed E-state index contributed by atoms with van der Waals surface area (Å²) in [4.78, 5) is 24.7. The normalized spacial score (nSPS) is 15.9. The molecule has 0 unspecified atom stereocenters. The molecule has 1 aliphatic heterocycles. The highest BCUT2D eigenvalue weighted by Crippen LogP contribution is 2.43.